The molecular formula is C11H11FN2O2. The number of hydrogen-bond acceptors (Lipinski definition) is 3. The summed E-state index contributed by atoms with van der Waals surface area (Å²) >= 11 is 0. The molecule has 1 spiro atoms. The fourth-order valence-corrected chi connectivity index (χ4v) is 2.15. The van der Waals surface area contributed by atoms with Crippen LogP contribution in [-0.4, -0.2) is 24.7 Å². The van der Waals surface area contributed by atoms with Crippen molar-refractivity contribution < 1.29 is 13.9 Å². The number of carbonyl (C=O) groups excluding carboxylic acids is 1. The summed E-state index contributed by atoms with van der Waals surface area (Å²) in [6.07, 6.45) is 0.606. The Morgan fingerprint density at radius 1 is 1.44 bits per heavy atom. The van der Waals surface area contributed by atoms with Crippen molar-refractivity contribution in [2.45, 2.75) is 12.0 Å². The highest BCUT2D eigenvalue weighted by Crippen LogP contribution is 2.36. The number of halogens is 1. The van der Waals surface area contributed by atoms with Gasteiger partial charge in [-0.05, 0) is 12.1 Å². The first-order valence-electron chi connectivity index (χ1n) is 5.17. The van der Waals surface area contributed by atoms with E-state index in [0.29, 0.717) is 25.3 Å². The summed E-state index contributed by atoms with van der Waals surface area (Å²) in [5.41, 5.74) is 0.121. The largest absolute Gasteiger partial charge is 0.378 e. The second kappa shape index (κ2) is 3.18. The molecule has 0 bridgehead atoms. The summed E-state index contributed by atoms with van der Waals surface area (Å²) in [4.78, 5) is 11.9. The van der Waals surface area contributed by atoms with Gasteiger partial charge in [0.25, 0.3) is 5.91 Å². The van der Waals surface area contributed by atoms with Crippen molar-refractivity contribution in [2.75, 3.05) is 23.8 Å². The smallest absolute Gasteiger partial charge is 0.252 e. The minimum atomic E-state index is -0.721. The summed E-state index contributed by atoms with van der Waals surface area (Å²) in [7, 11) is 0. The average molecular weight is 222 g/mol. The van der Waals surface area contributed by atoms with Gasteiger partial charge in [0.15, 0.2) is 0 Å². The maximum Gasteiger partial charge on any atom is 0.252 e. The molecule has 1 aromatic rings. The molecule has 1 saturated heterocycles. The van der Waals surface area contributed by atoms with Crippen molar-refractivity contribution in [3.8, 4) is 0 Å². The molecule has 84 valence electrons. The summed E-state index contributed by atoms with van der Waals surface area (Å²) in [6, 6.07) is 4.68. The van der Waals surface area contributed by atoms with Crippen LogP contribution in [0.25, 0.3) is 0 Å². The molecule has 3 rings (SSSR count). The van der Waals surface area contributed by atoms with E-state index in [1.807, 2.05) is 0 Å². The zero-order valence-electron chi connectivity index (χ0n) is 8.55. The predicted octanol–water partition coefficient (Wildman–Crippen LogP) is 1.35. The van der Waals surface area contributed by atoms with E-state index in [9.17, 15) is 9.18 Å². The standard InChI is InChI=1S/C11H11FN2O2/c12-7-2-1-3-8-9(7)13-10(15)11(14-8)4-5-16-6-11/h1-3,14H,4-6H2,(H,13,15). The lowest BCUT2D eigenvalue weighted by Gasteiger charge is -2.34. The third kappa shape index (κ3) is 1.21. The zero-order chi connectivity index (χ0) is 11.2. The molecule has 2 aliphatic heterocycles. The van der Waals surface area contributed by atoms with Crippen molar-refractivity contribution in [3.05, 3.63) is 24.0 Å². The van der Waals surface area contributed by atoms with E-state index in [4.69, 9.17) is 4.74 Å². The predicted molar refractivity (Wildman–Crippen MR) is 56.8 cm³/mol. The Bertz CT molecular complexity index is 455. The van der Waals surface area contributed by atoms with E-state index in [1.165, 1.54) is 6.07 Å². The number of amides is 1. The normalized spacial score (nSPS) is 27.4. The van der Waals surface area contributed by atoms with Crippen LogP contribution in [0.2, 0.25) is 0 Å². The number of para-hydroxylation sites is 1. The highest BCUT2D eigenvalue weighted by molar-refractivity contribution is 6.06. The van der Waals surface area contributed by atoms with Crippen molar-refractivity contribution in [1.82, 2.24) is 0 Å². The lowest BCUT2D eigenvalue weighted by molar-refractivity contribution is -0.120. The Balaban J connectivity index is 2.05. The van der Waals surface area contributed by atoms with Crippen molar-refractivity contribution in [3.63, 3.8) is 0 Å². The first kappa shape index (κ1) is 9.59. The third-order valence-electron chi connectivity index (χ3n) is 3.08. The van der Waals surface area contributed by atoms with Gasteiger partial charge < -0.3 is 15.4 Å². The van der Waals surface area contributed by atoms with Crippen LogP contribution < -0.4 is 10.6 Å². The minimum absolute atomic E-state index is 0.220. The number of fused-ring (bicyclic) bond motifs is 1. The molecule has 0 radical (unpaired) electrons. The molecule has 0 aliphatic carbocycles. The van der Waals surface area contributed by atoms with Crippen molar-refractivity contribution >= 4 is 17.3 Å². The Hall–Kier alpha value is -1.62. The highest BCUT2D eigenvalue weighted by atomic mass is 19.1. The fourth-order valence-electron chi connectivity index (χ4n) is 2.15. The van der Waals surface area contributed by atoms with Crippen LogP contribution in [0.5, 0.6) is 0 Å². The molecule has 0 aromatic heterocycles. The maximum absolute atomic E-state index is 13.4. The number of benzene rings is 1. The Morgan fingerprint density at radius 2 is 2.31 bits per heavy atom. The van der Waals surface area contributed by atoms with Crippen LogP contribution in [0.15, 0.2) is 18.2 Å². The van der Waals surface area contributed by atoms with E-state index in [2.05, 4.69) is 10.6 Å². The van der Waals surface area contributed by atoms with E-state index < -0.39 is 11.4 Å². The first-order chi connectivity index (χ1) is 7.71. The van der Waals surface area contributed by atoms with Crippen molar-refractivity contribution in [2.24, 2.45) is 0 Å². The van der Waals surface area contributed by atoms with Gasteiger partial charge in [0.1, 0.15) is 17.0 Å². The maximum atomic E-state index is 13.4. The zero-order valence-corrected chi connectivity index (χ0v) is 8.55. The van der Waals surface area contributed by atoms with Gasteiger partial charge in [-0.3, -0.25) is 4.79 Å². The van der Waals surface area contributed by atoms with E-state index in [1.54, 1.807) is 12.1 Å². The van der Waals surface area contributed by atoms with Crippen LogP contribution in [-0.2, 0) is 9.53 Å². The molecule has 2 N–H and O–H groups in total. The number of anilines is 2. The summed E-state index contributed by atoms with van der Waals surface area (Å²) in [5, 5.41) is 5.69. The highest BCUT2D eigenvalue weighted by Gasteiger charge is 2.45. The number of hydrogen-bond donors (Lipinski definition) is 2. The Labute approximate surface area is 91.8 Å². The third-order valence-corrected chi connectivity index (χ3v) is 3.08. The van der Waals surface area contributed by atoms with Crippen LogP contribution in [0.1, 0.15) is 6.42 Å². The number of nitrogens with one attached hydrogen (secondary N) is 2. The van der Waals surface area contributed by atoms with Gasteiger partial charge in [-0.1, -0.05) is 6.07 Å². The second-order valence-electron chi connectivity index (χ2n) is 4.13. The van der Waals surface area contributed by atoms with Gasteiger partial charge in [-0.25, -0.2) is 4.39 Å². The van der Waals surface area contributed by atoms with Gasteiger partial charge in [0.05, 0.1) is 12.3 Å². The number of ether oxygens (including phenoxy) is 1. The van der Waals surface area contributed by atoms with Crippen molar-refractivity contribution in [1.29, 1.82) is 0 Å². The van der Waals surface area contributed by atoms with Gasteiger partial charge in [-0.15, -0.1) is 0 Å². The Morgan fingerprint density at radius 3 is 3.06 bits per heavy atom. The molecule has 1 atom stereocenters. The summed E-state index contributed by atoms with van der Waals surface area (Å²) in [5.74, 6) is -0.644. The lowest BCUT2D eigenvalue weighted by atomic mass is 9.94. The number of carbonyl (C=O) groups is 1. The molecule has 5 heteroatoms. The molecule has 0 saturated carbocycles. The molecule has 2 heterocycles. The van der Waals surface area contributed by atoms with Crippen LogP contribution in [0.4, 0.5) is 15.8 Å². The summed E-state index contributed by atoms with van der Waals surface area (Å²) < 4.78 is 18.7. The molecule has 4 nitrogen and oxygen atoms in total. The topological polar surface area (TPSA) is 50.4 Å². The molecular weight excluding hydrogens is 211 g/mol. The first-order valence-corrected chi connectivity index (χ1v) is 5.17. The lowest BCUT2D eigenvalue weighted by Crippen LogP contribution is -2.53. The van der Waals surface area contributed by atoms with E-state index in [0.717, 1.165) is 0 Å². The molecule has 1 fully saturated rings. The molecule has 1 aromatic carbocycles. The van der Waals surface area contributed by atoms with Crippen LogP contribution >= 0.6 is 0 Å². The van der Waals surface area contributed by atoms with E-state index in [-0.39, 0.29) is 11.6 Å². The van der Waals surface area contributed by atoms with E-state index >= 15 is 0 Å². The average Bonchev–Trinajstić information content (AvgIpc) is 2.71. The molecule has 1 unspecified atom stereocenters. The Kier molecular flexibility index (Phi) is 1.91. The second-order valence-corrected chi connectivity index (χ2v) is 4.13. The quantitative estimate of drug-likeness (QED) is 0.696. The SMILES string of the molecule is O=C1Nc2c(F)cccc2NC12CCOC2. The van der Waals surface area contributed by atoms with Gasteiger partial charge in [-0.2, -0.15) is 0 Å². The summed E-state index contributed by atoms with van der Waals surface area (Å²) in [6.45, 7) is 0.875. The van der Waals surface area contributed by atoms with Gasteiger partial charge >= 0.3 is 0 Å². The molecule has 1 amide bonds. The number of rotatable bonds is 0. The van der Waals surface area contributed by atoms with Gasteiger partial charge in [0.2, 0.25) is 0 Å². The molecule has 2 aliphatic rings. The van der Waals surface area contributed by atoms with Crippen LogP contribution in [0.3, 0.4) is 0 Å². The minimum Gasteiger partial charge on any atom is -0.378 e. The fraction of sp³-hybridized carbons (Fsp3) is 0.364. The van der Waals surface area contributed by atoms with Gasteiger partial charge in [0, 0.05) is 13.0 Å². The monoisotopic (exact) mass is 222 g/mol. The molecule has 16 heavy (non-hydrogen) atoms. The van der Waals surface area contributed by atoms with Crippen LogP contribution in [0, 0.1) is 5.82 Å².